The molecule has 0 aromatic heterocycles. The average Bonchev–Trinajstić information content (AvgIpc) is 2.83. The quantitative estimate of drug-likeness (QED) is 0.842. The molecule has 1 aliphatic rings. The number of hydrogen-bond donors (Lipinski definition) is 2. The number of nitrogens with zero attached hydrogens (tertiary/aromatic N) is 1. The lowest BCUT2D eigenvalue weighted by molar-refractivity contribution is -0.131. The van der Waals surface area contributed by atoms with Gasteiger partial charge in [-0.1, -0.05) is 25.1 Å². The highest BCUT2D eigenvalue weighted by atomic mass is 35.5. The summed E-state index contributed by atoms with van der Waals surface area (Å²) in [6.45, 7) is 4.47. The highest BCUT2D eigenvalue weighted by Crippen LogP contribution is 2.15. The van der Waals surface area contributed by atoms with E-state index in [0.29, 0.717) is 13.0 Å². The maximum atomic E-state index is 12.0. The molecule has 0 saturated carbocycles. The largest absolute Gasteiger partial charge is 0.333 e. The van der Waals surface area contributed by atoms with Crippen LogP contribution in [-0.4, -0.2) is 36.3 Å². The van der Waals surface area contributed by atoms with Gasteiger partial charge in [0.25, 0.3) is 0 Å². The number of benzene rings is 1. The van der Waals surface area contributed by atoms with Crippen molar-refractivity contribution in [2.24, 2.45) is 0 Å². The van der Waals surface area contributed by atoms with Crippen LogP contribution >= 0.6 is 12.4 Å². The molecule has 0 bridgehead atoms. The van der Waals surface area contributed by atoms with Gasteiger partial charge in [0.15, 0.2) is 0 Å². The van der Waals surface area contributed by atoms with Crippen LogP contribution in [-0.2, 0) is 16.1 Å². The van der Waals surface area contributed by atoms with Crippen molar-refractivity contribution in [2.45, 2.75) is 26.3 Å². The molecule has 1 fully saturated rings. The van der Waals surface area contributed by atoms with E-state index >= 15 is 0 Å². The fourth-order valence-corrected chi connectivity index (χ4v) is 2.29. The van der Waals surface area contributed by atoms with Crippen LogP contribution in [0.4, 0.5) is 5.69 Å². The highest BCUT2D eigenvalue weighted by Gasteiger charge is 2.22. The predicted octanol–water partition coefficient (Wildman–Crippen LogP) is 1.78. The van der Waals surface area contributed by atoms with Gasteiger partial charge in [0.2, 0.25) is 11.8 Å². The standard InChI is InChI=1S/C15H21N3O2.ClH/c1-2-16-10-12-6-3-4-7-13(12)17-14(19)11-18-9-5-8-15(18)20;/h3-4,6-7,16H,2,5,8-11H2,1H3,(H,17,19);1H. The molecular weight excluding hydrogens is 290 g/mol. The van der Waals surface area contributed by atoms with Gasteiger partial charge in [0.1, 0.15) is 0 Å². The normalized spacial score (nSPS) is 14.0. The Labute approximate surface area is 131 Å². The van der Waals surface area contributed by atoms with Crippen molar-refractivity contribution in [3.05, 3.63) is 29.8 Å². The Morgan fingerprint density at radius 1 is 1.33 bits per heavy atom. The lowest BCUT2D eigenvalue weighted by Gasteiger charge is -2.16. The first-order valence-electron chi connectivity index (χ1n) is 7.07. The van der Waals surface area contributed by atoms with Crippen LogP contribution in [0.25, 0.3) is 0 Å². The number of anilines is 1. The Kier molecular flexibility index (Phi) is 7.19. The van der Waals surface area contributed by atoms with Crippen molar-refractivity contribution in [2.75, 3.05) is 25.0 Å². The Morgan fingerprint density at radius 2 is 2.10 bits per heavy atom. The van der Waals surface area contributed by atoms with Gasteiger partial charge in [-0.2, -0.15) is 0 Å². The second-order valence-corrected chi connectivity index (χ2v) is 4.90. The first-order valence-corrected chi connectivity index (χ1v) is 7.07. The van der Waals surface area contributed by atoms with Crippen molar-refractivity contribution in [3.8, 4) is 0 Å². The van der Waals surface area contributed by atoms with Crippen molar-refractivity contribution in [3.63, 3.8) is 0 Å². The number of para-hydroxylation sites is 1. The minimum atomic E-state index is -0.135. The lowest BCUT2D eigenvalue weighted by atomic mass is 10.1. The van der Waals surface area contributed by atoms with Crippen molar-refractivity contribution >= 4 is 29.9 Å². The summed E-state index contributed by atoms with van der Waals surface area (Å²) in [7, 11) is 0. The third-order valence-corrected chi connectivity index (χ3v) is 3.36. The molecular formula is C15H22ClN3O2. The van der Waals surface area contributed by atoms with E-state index < -0.39 is 0 Å². The van der Waals surface area contributed by atoms with Crippen LogP contribution in [0, 0.1) is 0 Å². The van der Waals surface area contributed by atoms with E-state index in [4.69, 9.17) is 0 Å². The molecule has 1 saturated heterocycles. The molecule has 1 aliphatic heterocycles. The van der Waals surface area contributed by atoms with E-state index in [1.54, 1.807) is 4.90 Å². The maximum Gasteiger partial charge on any atom is 0.244 e. The van der Waals surface area contributed by atoms with Crippen molar-refractivity contribution in [1.82, 2.24) is 10.2 Å². The zero-order valence-electron chi connectivity index (χ0n) is 12.2. The summed E-state index contributed by atoms with van der Waals surface area (Å²) in [5.41, 5.74) is 1.86. The van der Waals surface area contributed by atoms with Crippen molar-refractivity contribution in [1.29, 1.82) is 0 Å². The van der Waals surface area contributed by atoms with Gasteiger partial charge in [-0.25, -0.2) is 0 Å². The molecule has 0 radical (unpaired) electrons. The lowest BCUT2D eigenvalue weighted by Crippen LogP contribution is -2.34. The Morgan fingerprint density at radius 3 is 2.76 bits per heavy atom. The highest BCUT2D eigenvalue weighted by molar-refractivity contribution is 5.95. The molecule has 6 heteroatoms. The van der Waals surface area contributed by atoms with Crippen LogP contribution in [0.1, 0.15) is 25.3 Å². The summed E-state index contributed by atoms with van der Waals surface area (Å²) in [5.74, 6) is -0.0646. The molecule has 2 amide bonds. The van der Waals surface area contributed by atoms with Crippen LogP contribution in [0.5, 0.6) is 0 Å². The van der Waals surface area contributed by atoms with Gasteiger partial charge in [-0.3, -0.25) is 9.59 Å². The molecule has 1 heterocycles. The molecule has 0 atom stereocenters. The van der Waals surface area contributed by atoms with Gasteiger partial charge in [0.05, 0.1) is 6.54 Å². The number of rotatable bonds is 6. The summed E-state index contributed by atoms with van der Waals surface area (Å²) in [6, 6.07) is 7.72. The smallest absolute Gasteiger partial charge is 0.244 e. The summed E-state index contributed by atoms with van der Waals surface area (Å²) >= 11 is 0. The van der Waals surface area contributed by atoms with Gasteiger partial charge in [0, 0.05) is 25.2 Å². The molecule has 0 spiro atoms. The third kappa shape index (κ3) is 5.02. The van der Waals surface area contributed by atoms with E-state index in [0.717, 1.165) is 30.8 Å². The van der Waals surface area contributed by atoms with Crippen LogP contribution in [0.3, 0.4) is 0 Å². The number of hydrogen-bond acceptors (Lipinski definition) is 3. The average molecular weight is 312 g/mol. The van der Waals surface area contributed by atoms with E-state index in [-0.39, 0.29) is 30.8 Å². The van der Waals surface area contributed by atoms with E-state index in [9.17, 15) is 9.59 Å². The van der Waals surface area contributed by atoms with Crippen LogP contribution in [0.2, 0.25) is 0 Å². The zero-order valence-corrected chi connectivity index (χ0v) is 13.0. The number of carbonyl (C=O) groups is 2. The fourth-order valence-electron chi connectivity index (χ4n) is 2.29. The fraction of sp³-hybridized carbons (Fsp3) is 0.467. The monoisotopic (exact) mass is 311 g/mol. The third-order valence-electron chi connectivity index (χ3n) is 3.36. The second kappa shape index (κ2) is 8.64. The first kappa shape index (κ1) is 17.5. The molecule has 1 aromatic rings. The maximum absolute atomic E-state index is 12.0. The number of halogens is 1. The van der Waals surface area contributed by atoms with Gasteiger partial charge in [-0.15, -0.1) is 12.4 Å². The summed E-state index contributed by atoms with van der Waals surface area (Å²) < 4.78 is 0. The molecule has 0 unspecified atom stereocenters. The minimum absolute atomic E-state index is 0. The number of carbonyl (C=O) groups excluding carboxylic acids is 2. The first-order chi connectivity index (χ1) is 9.70. The number of likely N-dealkylation sites (tertiary alicyclic amines) is 1. The summed E-state index contributed by atoms with van der Waals surface area (Å²) in [4.78, 5) is 25.1. The molecule has 1 aromatic carbocycles. The number of nitrogens with one attached hydrogen (secondary N) is 2. The SMILES string of the molecule is CCNCc1ccccc1NC(=O)CN1CCCC1=O.Cl. The van der Waals surface area contributed by atoms with Gasteiger partial charge < -0.3 is 15.5 Å². The zero-order chi connectivity index (χ0) is 14.4. The molecule has 21 heavy (non-hydrogen) atoms. The molecule has 116 valence electrons. The summed E-state index contributed by atoms with van der Waals surface area (Å²) in [6.07, 6.45) is 1.41. The second-order valence-electron chi connectivity index (χ2n) is 4.90. The molecule has 2 N–H and O–H groups in total. The molecule has 5 nitrogen and oxygen atoms in total. The Bertz CT molecular complexity index is 494. The van der Waals surface area contributed by atoms with Crippen LogP contribution < -0.4 is 10.6 Å². The van der Waals surface area contributed by atoms with Crippen LogP contribution in [0.15, 0.2) is 24.3 Å². The van der Waals surface area contributed by atoms with E-state index in [1.807, 2.05) is 31.2 Å². The number of amides is 2. The topological polar surface area (TPSA) is 61.4 Å². The van der Waals surface area contributed by atoms with E-state index in [1.165, 1.54) is 0 Å². The molecule has 2 rings (SSSR count). The minimum Gasteiger partial charge on any atom is -0.333 e. The van der Waals surface area contributed by atoms with Gasteiger partial charge in [-0.05, 0) is 24.6 Å². The Balaban J connectivity index is 0.00000220. The van der Waals surface area contributed by atoms with Crippen molar-refractivity contribution < 1.29 is 9.59 Å². The summed E-state index contributed by atoms with van der Waals surface area (Å²) in [5, 5.41) is 6.14. The Hall–Kier alpha value is -1.59. The van der Waals surface area contributed by atoms with Gasteiger partial charge >= 0.3 is 0 Å². The molecule has 0 aliphatic carbocycles. The predicted molar refractivity (Wildman–Crippen MR) is 85.5 cm³/mol. The van der Waals surface area contributed by atoms with E-state index in [2.05, 4.69) is 10.6 Å².